The Labute approximate surface area is 125 Å². The molecule has 0 aliphatic carbocycles. The molecule has 0 amide bonds. The molecule has 0 saturated heterocycles. The van der Waals surface area contributed by atoms with Crippen molar-refractivity contribution in [3.05, 3.63) is 17.0 Å². The van der Waals surface area contributed by atoms with E-state index in [-0.39, 0.29) is 6.10 Å². The molecule has 1 aromatic heterocycles. The van der Waals surface area contributed by atoms with Crippen LogP contribution in [0.5, 0.6) is 0 Å². The number of ether oxygens (including phenoxy) is 1. The molecule has 0 aliphatic heterocycles. The van der Waals surface area contributed by atoms with Crippen LogP contribution >= 0.6 is 11.3 Å². The van der Waals surface area contributed by atoms with Crippen molar-refractivity contribution < 1.29 is 13.2 Å². The maximum Gasteiger partial charge on any atom is 0.250 e. The molecule has 0 spiro atoms. The molecule has 5 nitrogen and oxygen atoms in total. The fourth-order valence-electron chi connectivity index (χ4n) is 1.61. The molecule has 0 bridgehead atoms. The van der Waals surface area contributed by atoms with Crippen LogP contribution in [0.2, 0.25) is 0 Å². The lowest BCUT2D eigenvalue weighted by Crippen LogP contribution is -2.24. The molecule has 1 rings (SSSR count). The topological polar surface area (TPSA) is 67.4 Å². The van der Waals surface area contributed by atoms with Crippen molar-refractivity contribution in [3.8, 4) is 0 Å². The van der Waals surface area contributed by atoms with E-state index in [1.54, 1.807) is 6.07 Å². The van der Waals surface area contributed by atoms with E-state index in [1.807, 2.05) is 26.3 Å². The van der Waals surface area contributed by atoms with Gasteiger partial charge in [-0.2, -0.15) is 0 Å². The number of unbranched alkanes of at least 4 members (excludes halogenated alkanes) is 1. The summed E-state index contributed by atoms with van der Waals surface area (Å²) in [6.07, 6.45) is 1.86. The zero-order chi connectivity index (χ0) is 15.0. The Kier molecular flexibility index (Phi) is 7.68. The summed E-state index contributed by atoms with van der Waals surface area (Å²) in [5.74, 6) is 0. The third-order valence-corrected chi connectivity index (χ3v) is 5.54. The second-order valence-corrected chi connectivity index (χ2v) is 7.73. The van der Waals surface area contributed by atoms with Crippen LogP contribution in [0.1, 0.15) is 32.3 Å². The van der Waals surface area contributed by atoms with Crippen molar-refractivity contribution in [2.24, 2.45) is 0 Å². The first kappa shape index (κ1) is 17.6. The van der Waals surface area contributed by atoms with E-state index in [9.17, 15) is 8.42 Å². The van der Waals surface area contributed by atoms with Gasteiger partial charge in [0.15, 0.2) is 0 Å². The standard InChI is InChI=1S/C13H24N2O3S2/c1-11(2)18-7-5-4-6-15-20(16,17)13-8-12(9-14-3)10-19-13/h8,10-11,14-15H,4-7,9H2,1-3H3. The van der Waals surface area contributed by atoms with Crippen LogP contribution in [0.15, 0.2) is 15.7 Å². The Morgan fingerprint density at radius 1 is 1.35 bits per heavy atom. The van der Waals surface area contributed by atoms with Gasteiger partial charge in [-0.05, 0) is 50.7 Å². The SMILES string of the molecule is CNCc1csc(S(=O)(=O)NCCCCOC(C)C)c1. The summed E-state index contributed by atoms with van der Waals surface area (Å²) in [4.78, 5) is 0. The predicted octanol–water partition coefficient (Wildman–Crippen LogP) is 1.95. The zero-order valence-electron chi connectivity index (χ0n) is 12.3. The van der Waals surface area contributed by atoms with Gasteiger partial charge in [0.05, 0.1) is 6.10 Å². The molecule has 116 valence electrons. The Morgan fingerprint density at radius 2 is 2.10 bits per heavy atom. The molecular weight excluding hydrogens is 296 g/mol. The van der Waals surface area contributed by atoms with Gasteiger partial charge in [-0.3, -0.25) is 0 Å². The average molecular weight is 320 g/mol. The first-order chi connectivity index (χ1) is 9.45. The van der Waals surface area contributed by atoms with E-state index in [0.717, 1.165) is 18.4 Å². The fraction of sp³-hybridized carbons (Fsp3) is 0.692. The third kappa shape index (κ3) is 6.32. The summed E-state index contributed by atoms with van der Waals surface area (Å²) in [7, 11) is -1.52. The highest BCUT2D eigenvalue weighted by molar-refractivity contribution is 7.91. The fourth-order valence-corrected chi connectivity index (χ4v) is 3.94. The van der Waals surface area contributed by atoms with Gasteiger partial charge in [-0.25, -0.2) is 13.1 Å². The van der Waals surface area contributed by atoms with E-state index in [1.165, 1.54) is 11.3 Å². The van der Waals surface area contributed by atoms with E-state index in [4.69, 9.17) is 4.74 Å². The smallest absolute Gasteiger partial charge is 0.250 e. The minimum Gasteiger partial charge on any atom is -0.379 e. The number of nitrogens with one attached hydrogen (secondary N) is 2. The number of sulfonamides is 1. The van der Waals surface area contributed by atoms with E-state index < -0.39 is 10.0 Å². The summed E-state index contributed by atoms with van der Waals surface area (Å²) in [6.45, 7) is 5.77. The summed E-state index contributed by atoms with van der Waals surface area (Å²) >= 11 is 1.25. The number of hydrogen-bond donors (Lipinski definition) is 2. The van der Waals surface area contributed by atoms with Crippen molar-refractivity contribution in [3.63, 3.8) is 0 Å². The molecule has 0 aliphatic rings. The maximum atomic E-state index is 12.0. The molecule has 0 aromatic carbocycles. The molecule has 20 heavy (non-hydrogen) atoms. The average Bonchev–Trinajstić information content (AvgIpc) is 2.83. The summed E-state index contributed by atoms with van der Waals surface area (Å²) < 4.78 is 32.5. The van der Waals surface area contributed by atoms with Crippen LogP contribution in [-0.4, -0.2) is 34.7 Å². The van der Waals surface area contributed by atoms with Gasteiger partial charge in [0.25, 0.3) is 0 Å². The van der Waals surface area contributed by atoms with Crippen LogP contribution in [0.25, 0.3) is 0 Å². The molecule has 0 saturated carbocycles. The maximum absolute atomic E-state index is 12.0. The first-order valence-electron chi connectivity index (χ1n) is 6.79. The van der Waals surface area contributed by atoms with Gasteiger partial charge in [-0.15, -0.1) is 11.3 Å². The van der Waals surface area contributed by atoms with E-state index in [0.29, 0.717) is 23.9 Å². The lowest BCUT2D eigenvalue weighted by Gasteiger charge is -2.07. The molecular formula is C13H24N2O3S2. The highest BCUT2D eigenvalue weighted by atomic mass is 32.2. The van der Waals surface area contributed by atoms with Crippen molar-refractivity contribution in [2.45, 2.75) is 43.5 Å². The van der Waals surface area contributed by atoms with Crippen LogP contribution in [0, 0.1) is 0 Å². The summed E-state index contributed by atoms with van der Waals surface area (Å²) in [5.41, 5.74) is 0.989. The predicted molar refractivity (Wildman–Crippen MR) is 82.6 cm³/mol. The summed E-state index contributed by atoms with van der Waals surface area (Å²) in [5, 5.41) is 4.86. The van der Waals surface area contributed by atoms with E-state index in [2.05, 4.69) is 10.0 Å². The third-order valence-electron chi connectivity index (χ3n) is 2.59. The molecule has 2 N–H and O–H groups in total. The van der Waals surface area contributed by atoms with Crippen molar-refractivity contribution >= 4 is 21.4 Å². The molecule has 1 heterocycles. The minimum absolute atomic E-state index is 0.225. The zero-order valence-corrected chi connectivity index (χ0v) is 13.9. The van der Waals surface area contributed by atoms with E-state index >= 15 is 0 Å². The number of thiophene rings is 1. The quantitative estimate of drug-likeness (QED) is 0.647. The van der Waals surface area contributed by atoms with Gasteiger partial charge in [0.1, 0.15) is 4.21 Å². The second-order valence-electron chi connectivity index (χ2n) is 4.83. The van der Waals surface area contributed by atoms with Crippen molar-refractivity contribution in [1.82, 2.24) is 10.0 Å². The monoisotopic (exact) mass is 320 g/mol. The molecule has 0 atom stereocenters. The van der Waals surface area contributed by atoms with Crippen LogP contribution in [-0.2, 0) is 21.3 Å². The Balaban J connectivity index is 2.33. The molecule has 1 aromatic rings. The van der Waals surface area contributed by atoms with Gasteiger partial charge < -0.3 is 10.1 Å². The largest absolute Gasteiger partial charge is 0.379 e. The number of rotatable bonds is 10. The minimum atomic E-state index is -3.36. The summed E-state index contributed by atoms with van der Waals surface area (Å²) in [6, 6.07) is 1.71. The highest BCUT2D eigenvalue weighted by Gasteiger charge is 2.15. The number of hydrogen-bond acceptors (Lipinski definition) is 5. The van der Waals surface area contributed by atoms with Crippen molar-refractivity contribution in [2.75, 3.05) is 20.2 Å². The molecule has 0 unspecified atom stereocenters. The Hall–Kier alpha value is -0.470. The van der Waals surface area contributed by atoms with Gasteiger partial charge in [0.2, 0.25) is 10.0 Å². The normalized spacial score (nSPS) is 12.2. The second kappa shape index (κ2) is 8.74. The Morgan fingerprint density at radius 3 is 2.75 bits per heavy atom. The first-order valence-corrected chi connectivity index (χ1v) is 9.15. The van der Waals surface area contributed by atoms with Gasteiger partial charge in [0, 0.05) is 19.7 Å². The van der Waals surface area contributed by atoms with Crippen LogP contribution in [0.4, 0.5) is 0 Å². The van der Waals surface area contributed by atoms with Crippen LogP contribution in [0.3, 0.4) is 0 Å². The van der Waals surface area contributed by atoms with Crippen LogP contribution < -0.4 is 10.0 Å². The van der Waals surface area contributed by atoms with Gasteiger partial charge in [-0.1, -0.05) is 0 Å². The van der Waals surface area contributed by atoms with Gasteiger partial charge >= 0.3 is 0 Å². The molecule has 0 fully saturated rings. The highest BCUT2D eigenvalue weighted by Crippen LogP contribution is 2.19. The lowest BCUT2D eigenvalue weighted by molar-refractivity contribution is 0.0762. The van der Waals surface area contributed by atoms with Crippen molar-refractivity contribution in [1.29, 1.82) is 0 Å². The lowest BCUT2D eigenvalue weighted by atomic mass is 10.3. The molecule has 0 radical (unpaired) electrons. The Bertz CT molecular complexity index is 484. The molecule has 7 heteroatoms.